The molecule has 7 heteroatoms. The van der Waals surface area contributed by atoms with Crippen LogP contribution in [0.15, 0.2) is 48.7 Å². The number of aromatic nitrogens is 2. The molecule has 0 aliphatic carbocycles. The van der Waals surface area contributed by atoms with Crippen molar-refractivity contribution in [2.45, 2.75) is 25.9 Å². The maximum atomic E-state index is 13.1. The predicted octanol–water partition coefficient (Wildman–Crippen LogP) is 4.56. The number of aryl methyl sites for hydroxylation is 1. The van der Waals surface area contributed by atoms with Crippen LogP contribution in [0.2, 0.25) is 0 Å². The minimum absolute atomic E-state index is 0.259. The van der Waals surface area contributed by atoms with E-state index in [2.05, 4.69) is 10.3 Å². The van der Waals surface area contributed by atoms with Crippen molar-refractivity contribution in [1.29, 1.82) is 0 Å². The summed E-state index contributed by atoms with van der Waals surface area (Å²) in [6.07, 6.45) is -1.55. The van der Waals surface area contributed by atoms with Gasteiger partial charge < -0.3 is 5.32 Å². The number of hydrogen-bond acceptors (Lipinski definition) is 2. The molecular formula is C18H16F3N3O. The first kappa shape index (κ1) is 17.0. The van der Waals surface area contributed by atoms with Gasteiger partial charge in [-0.2, -0.15) is 13.2 Å². The van der Waals surface area contributed by atoms with Gasteiger partial charge in [-0.25, -0.2) is 4.98 Å². The Morgan fingerprint density at radius 1 is 1.16 bits per heavy atom. The second kappa shape index (κ2) is 6.58. The Kier molecular flexibility index (Phi) is 4.48. The normalized spacial score (nSPS) is 11.7. The predicted molar refractivity (Wildman–Crippen MR) is 88.6 cm³/mol. The van der Waals surface area contributed by atoms with E-state index in [0.29, 0.717) is 17.8 Å². The molecule has 0 radical (unpaired) electrons. The average Bonchev–Trinajstić information content (AvgIpc) is 2.92. The number of amides is 1. The zero-order chi connectivity index (χ0) is 18.0. The van der Waals surface area contributed by atoms with Crippen molar-refractivity contribution >= 4 is 17.2 Å². The van der Waals surface area contributed by atoms with Crippen LogP contribution in [0.4, 0.5) is 18.9 Å². The van der Waals surface area contributed by atoms with Crippen LogP contribution < -0.4 is 5.32 Å². The van der Waals surface area contributed by atoms with E-state index in [0.717, 1.165) is 12.5 Å². The maximum absolute atomic E-state index is 13.1. The summed E-state index contributed by atoms with van der Waals surface area (Å²) in [7, 11) is 0. The third-order valence-electron chi connectivity index (χ3n) is 3.78. The molecule has 130 valence electrons. The van der Waals surface area contributed by atoms with Crippen LogP contribution in [-0.2, 0) is 12.6 Å². The number of rotatable bonds is 4. The molecule has 0 bridgehead atoms. The molecule has 3 aromatic rings. The summed E-state index contributed by atoms with van der Waals surface area (Å²) in [4.78, 5) is 17.1. The number of nitrogens with one attached hydrogen (secondary N) is 1. The fraction of sp³-hybridized carbons (Fsp3) is 0.222. The van der Waals surface area contributed by atoms with E-state index in [4.69, 9.17) is 0 Å². The highest BCUT2D eigenvalue weighted by molar-refractivity contribution is 6.05. The number of carbonyl (C=O) groups is 1. The first-order valence-electron chi connectivity index (χ1n) is 7.85. The van der Waals surface area contributed by atoms with E-state index < -0.39 is 17.6 Å². The Morgan fingerprint density at radius 3 is 2.60 bits per heavy atom. The molecule has 0 spiro atoms. The Balaban J connectivity index is 2.03. The lowest BCUT2D eigenvalue weighted by Gasteiger charge is -2.13. The number of hydrogen-bond donors (Lipinski definition) is 1. The Bertz CT molecular complexity index is 915. The summed E-state index contributed by atoms with van der Waals surface area (Å²) < 4.78 is 41.0. The third-order valence-corrected chi connectivity index (χ3v) is 3.78. The smallest absolute Gasteiger partial charge is 0.320 e. The van der Waals surface area contributed by atoms with Gasteiger partial charge in [-0.1, -0.05) is 31.5 Å². The van der Waals surface area contributed by atoms with Crippen molar-refractivity contribution in [3.8, 4) is 0 Å². The summed E-state index contributed by atoms with van der Waals surface area (Å²) in [6, 6.07) is 10.2. The van der Waals surface area contributed by atoms with E-state index in [-0.39, 0.29) is 11.4 Å². The molecule has 1 aromatic carbocycles. The molecule has 0 saturated heterocycles. The average molecular weight is 347 g/mol. The van der Waals surface area contributed by atoms with Gasteiger partial charge in [-0.05, 0) is 30.7 Å². The molecule has 0 aliphatic heterocycles. The number of carbonyl (C=O) groups excluding carboxylic acids is 1. The number of pyridine rings is 1. The molecule has 0 saturated carbocycles. The van der Waals surface area contributed by atoms with Crippen molar-refractivity contribution in [2.24, 2.45) is 0 Å². The summed E-state index contributed by atoms with van der Waals surface area (Å²) in [5, 5.41) is 2.39. The summed E-state index contributed by atoms with van der Waals surface area (Å²) >= 11 is 0. The molecule has 25 heavy (non-hydrogen) atoms. The van der Waals surface area contributed by atoms with Crippen molar-refractivity contribution in [3.63, 3.8) is 0 Å². The van der Waals surface area contributed by atoms with Crippen molar-refractivity contribution in [2.75, 3.05) is 5.32 Å². The Hall–Kier alpha value is -2.83. The topological polar surface area (TPSA) is 46.4 Å². The largest absolute Gasteiger partial charge is 0.418 e. The van der Waals surface area contributed by atoms with Gasteiger partial charge in [0.05, 0.1) is 16.9 Å². The van der Waals surface area contributed by atoms with Gasteiger partial charge in [-0.3, -0.25) is 9.20 Å². The molecule has 4 nitrogen and oxygen atoms in total. The minimum Gasteiger partial charge on any atom is -0.320 e. The van der Waals surface area contributed by atoms with Crippen LogP contribution in [0.5, 0.6) is 0 Å². The summed E-state index contributed by atoms with van der Waals surface area (Å²) in [5.74, 6) is -0.612. The van der Waals surface area contributed by atoms with E-state index in [1.54, 1.807) is 28.8 Å². The highest BCUT2D eigenvalue weighted by Crippen LogP contribution is 2.34. The molecule has 0 fully saturated rings. The Morgan fingerprint density at radius 2 is 1.88 bits per heavy atom. The maximum Gasteiger partial charge on any atom is 0.418 e. The highest BCUT2D eigenvalue weighted by atomic mass is 19.4. The number of para-hydroxylation sites is 1. The molecule has 3 rings (SSSR count). The second-order valence-corrected chi connectivity index (χ2v) is 5.58. The number of nitrogens with zero attached hydrogens (tertiary/aromatic N) is 2. The van der Waals surface area contributed by atoms with E-state index in [1.165, 1.54) is 18.2 Å². The number of anilines is 1. The second-order valence-electron chi connectivity index (χ2n) is 5.58. The standard InChI is InChI=1S/C18H16F3N3O/c1-2-7-14-16(24-11-6-5-10-15(24)22-14)17(25)23-13-9-4-3-8-12(13)18(19,20)21/h3-6,8-11H,2,7H2,1H3,(H,23,25). The number of benzene rings is 1. The molecule has 1 N–H and O–H groups in total. The monoisotopic (exact) mass is 347 g/mol. The van der Waals surface area contributed by atoms with E-state index >= 15 is 0 Å². The SMILES string of the molecule is CCCc1nc2ccccn2c1C(=O)Nc1ccccc1C(F)(F)F. The van der Waals surface area contributed by atoms with Gasteiger partial charge in [0.2, 0.25) is 0 Å². The van der Waals surface area contributed by atoms with Gasteiger partial charge >= 0.3 is 6.18 Å². The lowest BCUT2D eigenvalue weighted by molar-refractivity contribution is -0.136. The Labute approximate surface area is 142 Å². The van der Waals surface area contributed by atoms with Gasteiger partial charge in [0.25, 0.3) is 5.91 Å². The van der Waals surface area contributed by atoms with Crippen LogP contribution in [0, 0.1) is 0 Å². The number of imidazole rings is 1. The van der Waals surface area contributed by atoms with Crippen LogP contribution in [0.25, 0.3) is 5.65 Å². The summed E-state index contributed by atoms with van der Waals surface area (Å²) in [6.45, 7) is 1.95. The zero-order valence-electron chi connectivity index (χ0n) is 13.5. The van der Waals surface area contributed by atoms with Gasteiger partial charge in [0.15, 0.2) is 0 Å². The minimum atomic E-state index is -4.55. The number of halogens is 3. The first-order valence-corrected chi connectivity index (χ1v) is 7.85. The van der Waals surface area contributed by atoms with Crippen LogP contribution in [0.3, 0.4) is 0 Å². The molecular weight excluding hydrogens is 331 g/mol. The van der Waals surface area contributed by atoms with Gasteiger partial charge in [0, 0.05) is 6.20 Å². The number of alkyl halides is 3. The van der Waals surface area contributed by atoms with Crippen molar-refractivity contribution in [1.82, 2.24) is 9.38 Å². The van der Waals surface area contributed by atoms with Crippen molar-refractivity contribution in [3.05, 3.63) is 65.6 Å². The fourth-order valence-corrected chi connectivity index (χ4v) is 2.72. The van der Waals surface area contributed by atoms with Gasteiger partial charge in [0.1, 0.15) is 11.3 Å². The zero-order valence-corrected chi connectivity index (χ0v) is 13.5. The lowest BCUT2D eigenvalue weighted by atomic mass is 10.1. The molecule has 0 atom stereocenters. The third kappa shape index (κ3) is 3.35. The molecule has 0 unspecified atom stereocenters. The fourth-order valence-electron chi connectivity index (χ4n) is 2.72. The van der Waals surface area contributed by atoms with Crippen LogP contribution >= 0.6 is 0 Å². The lowest BCUT2D eigenvalue weighted by Crippen LogP contribution is -2.19. The van der Waals surface area contributed by atoms with Crippen LogP contribution in [0.1, 0.15) is 35.1 Å². The molecule has 1 amide bonds. The van der Waals surface area contributed by atoms with Crippen LogP contribution in [-0.4, -0.2) is 15.3 Å². The number of fused-ring (bicyclic) bond motifs is 1. The first-order chi connectivity index (χ1) is 11.9. The molecule has 0 aliphatic rings. The van der Waals surface area contributed by atoms with E-state index in [9.17, 15) is 18.0 Å². The summed E-state index contributed by atoms with van der Waals surface area (Å²) in [5.41, 5.74) is 0.257. The highest BCUT2D eigenvalue weighted by Gasteiger charge is 2.34. The molecule has 2 heterocycles. The van der Waals surface area contributed by atoms with Crippen molar-refractivity contribution < 1.29 is 18.0 Å². The molecule has 2 aromatic heterocycles. The van der Waals surface area contributed by atoms with Gasteiger partial charge in [-0.15, -0.1) is 0 Å². The van der Waals surface area contributed by atoms with E-state index in [1.807, 2.05) is 6.92 Å². The quantitative estimate of drug-likeness (QED) is 0.752.